The van der Waals surface area contributed by atoms with Gasteiger partial charge < -0.3 is 24.7 Å². The Kier molecular flexibility index (Phi) is 15.1. The van der Waals surface area contributed by atoms with E-state index in [9.17, 15) is 9.59 Å². The molecule has 0 saturated heterocycles. The molecule has 116 valence electrons. The number of hydrogen-bond acceptors (Lipinski definition) is 8. The number of esters is 1. The minimum atomic E-state index is -0.388. The van der Waals surface area contributed by atoms with Gasteiger partial charge in [0.2, 0.25) is 0 Å². The highest BCUT2D eigenvalue weighted by Gasteiger charge is 2.09. The molecule has 0 radical (unpaired) electrons. The number of hydrogen-bond donors (Lipinski definition) is 1. The van der Waals surface area contributed by atoms with Crippen LogP contribution in [0.4, 0.5) is 0 Å². The minimum absolute atomic E-state index is 0.123. The van der Waals surface area contributed by atoms with E-state index in [-0.39, 0.29) is 31.2 Å². The number of methoxy groups -OCH3 is 2. The predicted molar refractivity (Wildman–Crippen MR) is 69.2 cm³/mol. The van der Waals surface area contributed by atoms with Gasteiger partial charge in [-0.1, -0.05) is 0 Å². The van der Waals surface area contributed by atoms with E-state index in [0.717, 1.165) is 0 Å². The van der Waals surface area contributed by atoms with Crippen LogP contribution in [0.3, 0.4) is 0 Å². The van der Waals surface area contributed by atoms with Crippen molar-refractivity contribution in [1.29, 1.82) is 0 Å². The maximum atomic E-state index is 11.1. The maximum Gasteiger partial charge on any atom is 0.306 e. The van der Waals surface area contributed by atoms with Crippen molar-refractivity contribution in [1.82, 2.24) is 0 Å². The summed E-state index contributed by atoms with van der Waals surface area (Å²) in [4.78, 5) is 30.3. The van der Waals surface area contributed by atoms with Crippen molar-refractivity contribution in [2.24, 2.45) is 5.73 Å². The highest BCUT2D eigenvalue weighted by Crippen LogP contribution is 2.07. The molecule has 0 aliphatic rings. The molecule has 0 bridgehead atoms. The molecule has 0 aliphatic heterocycles. The second kappa shape index (κ2) is 15.0. The summed E-state index contributed by atoms with van der Waals surface area (Å²) >= 11 is 0. The molecule has 0 fully saturated rings. The second-order valence-electron chi connectivity index (χ2n) is 3.28. The third-order valence-electron chi connectivity index (χ3n) is 1.93. The van der Waals surface area contributed by atoms with Crippen molar-refractivity contribution in [3.8, 4) is 0 Å². The molecule has 0 heterocycles. The Morgan fingerprint density at radius 2 is 1.80 bits per heavy atom. The molecule has 0 amide bonds. The van der Waals surface area contributed by atoms with E-state index in [2.05, 4.69) is 9.47 Å². The molecular formula is C12H21NO7. The van der Waals surface area contributed by atoms with Gasteiger partial charge in [-0.05, 0) is 19.9 Å². The van der Waals surface area contributed by atoms with Crippen molar-refractivity contribution < 1.29 is 33.3 Å². The molecule has 0 spiro atoms. The van der Waals surface area contributed by atoms with Crippen LogP contribution in [0.15, 0.2) is 11.5 Å². The van der Waals surface area contributed by atoms with Crippen LogP contribution in [0.5, 0.6) is 0 Å². The number of carbonyl (C=O) groups is 3. The van der Waals surface area contributed by atoms with Crippen molar-refractivity contribution >= 4 is 18.9 Å². The number of ether oxygens (including phenoxy) is 4. The van der Waals surface area contributed by atoms with E-state index >= 15 is 0 Å². The van der Waals surface area contributed by atoms with Crippen LogP contribution in [0, 0.1) is 0 Å². The Morgan fingerprint density at radius 3 is 2.20 bits per heavy atom. The zero-order valence-electron chi connectivity index (χ0n) is 11.9. The van der Waals surface area contributed by atoms with Crippen molar-refractivity contribution in [2.45, 2.75) is 19.8 Å². The van der Waals surface area contributed by atoms with E-state index in [1.807, 2.05) is 0 Å². The Hall–Kier alpha value is -2.09. The molecule has 0 aromatic rings. The van der Waals surface area contributed by atoms with Crippen LogP contribution in [0.25, 0.3) is 0 Å². The summed E-state index contributed by atoms with van der Waals surface area (Å²) in [5.41, 5.74) is 5.24. The Morgan fingerprint density at radius 1 is 1.20 bits per heavy atom. The molecule has 0 aromatic carbocycles. The molecule has 8 nitrogen and oxygen atoms in total. The first-order chi connectivity index (χ1) is 9.56. The largest absolute Gasteiger partial charge is 0.498 e. The molecule has 0 atom stereocenters. The van der Waals surface area contributed by atoms with E-state index in [4.69, 9.17) is 20.0 Å². The van der Waals surface area contributed by atoms with Crippen molar-refractivity contribution in [3.63, 3.8) is 0 Å². The summed E-state index contributed by atoms with van der Waals surface area (Å²) < 4.78 is 18.2. The molecule has 0 aliphatic carbocycles. The Bertz CT molecular complexity index is 315. The van der Waals surface area contributed by atoms with Gasteiger partial charge in [0.25, 0.3) is 12.9 Å². The number of nitrogens with two attached hydrogens (primary N) is 1. The first-order valence-electron chi connectivity index (χ1n) is 5.73. The highest BCUT2D eigenvalue weighted by molar-refractivity contribution is 5.69. The standard InChI is InChI=1S/C10H17NO5.C2H4O2/c1-8(14-2)9(16-7-12)6-15-10(13)4-3-5-11;1-4-2-3/h7H,3-6,11H2,1-2H3;2H,1H3/b9-8-;. The van der Waals surface area contributed by atoms with Crippen molar-refractivity contribution in [2.75, 3.05) is 27.4 Å². The fourth-order valence-electron chi connectivity index (χ4n) is 0.855. The normalized spacial score (nSPS) is 10.2. The lowest BCUT2D eigenvalue weighted by molar-refractivity contribution is -0.145. The van der Waals surface area contributed by atoms with E-state index in [1.54, 1.807) is 6.92 Å². The third-order valence-corrected chi connectivity index (χ3v) is 1.93. The highest BCUT2D eigenvalue weighted by atomic mass is 16.6. The quantitative estimate of drug-likeness (QED) is 0.275. The van der Waals surface area contributed by atoms with Crippen LogP contribution < -0.4 is 5.73 Å². The zero-order chi connectivity index (χ0) is 15.8. The van der Waals surface area contributed by atoms with Gasteiger partial charge in [0.15, 0.2) is 12.4 Å². The van der Waals surface area contributed by atoms with Gasteiger partial charge in [0.05, 0.1) is 14.2 Å². The zero-order valence-corrected chi connectivity index (χ0v) is 11.9. The summed E-state index contributed by atoms with van der Waals surface area (Å²) in [6.07, 6.45) is 0.812. The van der Waals surface area contributed by atoms with E-state index < -0.39 is 0 Å². The summed E-state index contributed by atoms with van der Waals surface area (Å²) in [5, 5.41) is 0. The number of allylic oxidation sites excluding steroid dienone is 1. The van der Waals surface area contributed by atoms with Gasteiger partial charge in [-0.25, -0.2) is 0 Å². The SMILES string of the molecule is CO/C(C)=C(/COC(=O)CCCN)OC=O.COC=O. The molecule has 0 aromatic heterocycles. The smallest absolute Gasteiger partial charge is 0.306 e. The van der Waals surface area contributed by atoms with Gasteiger partial charge in [0, 0.05) is 6.42 Å². The van der Waals surface area contributed by atoms with Gasteiger partial charge in [-0.3, -0.25) is 14.4 Å². The Labute approximate surface area is 117 Å². The van der Waals surface area contributed by atoms with Crippen LogP contribution in [0.2, 0.25) is 0 Å². The van der Waals surface area contributed by atoms with Gasteiger partial charge in [0.1, 0.15) is 5.76 Å². The minimum Gasteiger partial charge on any atom is -0.498 e. The molecule has 2 N–H and O–H groups in total. The fourth-order valence-corrected chi connectivity index (χ4v) is 0.855. The number of carbonyl (C=O) groups excluding carboxylic acids is 3. The first kappa shape index (κ1) is 20.2. The fraction of sp³-hybridized carbons (Fsp3) is 0.583. The average Bonchev–Trinajstić information content (AvgIpc) is 2.48. The van der Waals surface area contributed by atoms with E-state index in [1.165, 1.54) is 14.2 Å². The molecule has 20 heavy (non-hydrogen) atoms. The average molecular weight is 291 g/mol. The van der Waals surface area contributed by atoms with Gasteiger partial charge in [-0.15, -0.1) is 0 Å². The van der Waals surface area contributed by atoms with Crippen LogP contribution in [-0.2, 0) is 33.3 Å². The summed E-state index contributed by atoms with van der Waals surface area (Å²) in [6.45, 7) is 2.54. The summed E-state index contributed by atoms with van der Waals surface area (Å²) in [7, 11) is 2.74. The lowest BCUT2D eigenvalue weighted by Crippen LogP contribution is -2.12. The van der Waals surface area contributed by atoms with Crippen LogP contribution >= 0.6 is 0 Å². The maximum absolute atomic E-state index is 11.1. The monoisotopic (exact) mass is 291 g/mol. The summed E-state index contributed by atoms with van der Waals surface area (Å²) in [5.74, 6) is 0.179. The molecule has 0 saturated carbocycles. The molecule has 0 rings (SSSR count). The molecular weight excluding hydrogens is 270 g/mol. The molecule has 0 unspecified atom stereocenters. The topological polar surface area (TPSA) is 114 Å². The molecule has 8 heteroatoms. The van der Waals surface area contributed by atoms with Gasteiger partial charge >= 0.3 is 5.97 Å². The lowest BCUT2D eigenvalue weighted by atomic mass is 10.3. The predicted octanol–water partition coefficient (Wildman–Crippen LogP) is 0.109. The number of rotatable bonds is 9. The van der Waals surface area contributed by atoms with Crippen molar-refractivity contribution in [3.05, 3.63) is 11.5 Å². The Balaban J connectivity index is 0. The lowest BCUT2D eigenvalue weighted by Gasteiger charge is -2.09. The van der Waals surface area contributed by atoms with Crippen LogP contribution in [-0.4, -0.2) is 46.3 Å². The van der Waals surface area contributed by atoms with E-state index in [0.29, 0.717) is 25.2 Å². The van der Waals surface area contributed by atoms with Crippen LogP contribution in [0.1, 0.15) is 19.8 Å². The first-order valence-corrected chi connectivity index (χ1v) is 5.73. The summed E-state index contributed by atoms with van der Waals surface area (Å²) in [6, 6.07) is 0. The van der Waals surface area contributed by atoms with Gasteiger partial charge in [-0.2, -0.15) is 0 Å². The third kappa shape index (κ3) is 12.4. The second-order valence-corrected chi connectivity index (χ2v) is 3.28.